The van der Waals surface area contributed by atoms with E-state index in [2.05, 4.69) is 10.2 Å². The van der Waals surface area contributed by atoms with Gasteiger partial charge in [-0.3, -0.25) is 9.36 Å². The van der Waals surface area contributed by atoms with Crippen LogP contribution in [0.3, 0.4) is 0 Å². The first-order valence-corrected chi connectivity index (χ1v) is 7.59. The Hall–Kier alpha value is -2.02. The molecule has 0 bridgehead atoms. The van der Waals surface area contributed by atoms with E-state index in [1.807, 2.05) is 6.92 Å². The molecule has 21 heavy (non-hydrogen) atoms. The van der Waals surface area contributed by atoms with Crippen molar-refractivity contribution in [2.75, 3.05) is 12.9 Å². The van der Waals surface area contributed by atoms with Crippen molar-refractivity contribution in [3.05, 3.63) is 40.3 Å². The molecule has 0 fully saturated rings. The highest BCUT2D eigenvalue weighted by atomic mass is 32.2. The number of rotatable bonds is 7. The highest BCUT2D eigenvalue weighted by Crippen LogP contribution is 2.17. The molecule has 112 valence electrons. The van der Waals surface area contributed by atoms with Crippen LogP contribution in [0.4, 0.5) is 0 Å². The van der Waals surface area contributed by atoms with E-state index in [1.54, 1.807) is 35.9 Å². The minimum Gasteiger partial charge on any atom is -0.497 e. The van der Waals surface area contributed by atoms with E-state index in [9.17, 15) is 9.59 Å². The zero-order chi connectivity index (χ0) is 15.2. The van der Waals surface area contributed by atoms with Crippen LogP contribution in [-0.4, -0.2) is 33.4 Å². The molecule has 0 saturated heterocycles. The molecule has 1 aromatic carbocycles. The van der Waals surface area contributed by atoms with Crippen LogP contribution in [-0.2, 0) is 6.54 Å². The van der Waals surface area contributed by atoms with Crippen molar-refractivity contribution in [1.82, 2.24) is 14.8 Å². The molecule has 0 radical (unpaired) electrons. The summed E-state index contributed by atoms with van der Waals surface area (Å²) >= 11 is 1.26. The highest BCUT2D eigenvalue weighted by Gasteiger charge is 2.12. The van der Waals surface area contributed by atoms with Crippen molar-refractivity contribution < 1.29 is 9.53 Å². The number of thioether (sulfide) groups is 1. The average Bonchev–Trinajstić information content (AvgIpc) is 2.86. The number of aromatic amines is 1. The number of hydrogen-bond acceptors (Lipinski definition) is 5. The number of nitrogens with zero attached hydrogens (tertiary/aromatic N) is 2. The van der Waals surface area contributed by atoms with Crippen LogP contribution in [0.2, 0.25) is 0 Å². The van der Waals surface area contributed by atoms with Gasteiger partial charge in [-0.05, 0) is 30.7 Å². The van der Waals surface area contributed by atoms with Crippen LogP contribution < -0.4 is 10.4 Å². The SMILES string of the molecule is CCCn1c(SCC(=O)c2ccc(OC)cc2)n[nH]c1=O. The van der Waals surface area contributed by atoms with Gasteiger partial charge in [-0.1, -0.05) is 18.7 Å². The molecule has 0 aliphatic rings. The Bertz CT molecular complexity index is 661. The van der Waals surface area contributed by atoms with Gasteiger partial charge in [-0.15, -0.1) is 5.10 Å². The molecule has 2 rings (SSSR count). The second-order valence-corrected chi connectivity index (χ2v) is 5.35. The zero-order valence-corrected chi connectivity index (χ0v) is 12.8. The number of carbonyl (C=O) groups is 1. The lowest BCUT2D eigenvalue weighted by atomic mass is 10.1. The summed E-state index contributed by atoms with van der Waals surface area (Å²) in [6, 6.07) is 6.95. The third kappa shape index (κ3) is 3.75. The number of carbonyl (C=O) groups excluding carboxylic acids is 1. The molecule has 6 nitrogen and oxygen atoms in total. The number of hydrogen-bond donors (Lipinski definition) is 1. The summed E-state index contributed by atoms with van der Waals surface area (Å²) in [5.41, 5.74) is 0.375. The molecule has 1 aromatic heterocycles. The first kappa shape index (κ1) is 15.4. The van der Waals surface area contributed by atoms with E-state index < -0.39 is 0 Å². The molecule has 0 atom stereocenters. The predicted molar refractivity (Wildman–Crippen MR) is 81.2 cm³/mol. The van der Waals surface area contributed by atoms with Gasteiger partial charge in [-0.25, -0.2) is 9.89 Å². The number of methoxy groups -OCH3 is 1. The minimum atomic E-state index is -0.240. The van der Waals surface area contributed by atoms with Gasteiger partial charge in [0, 0.05) is 12.1 Å². The third-order valence-electron chi connectivity index (χ3n) is 2.91. The second-order valence-electron chi connectivity index (χ2n) is 4.40. The molecule has 7 heteroatoms. The standard InChI is InChI=1S/C14H17N3O3S/c1-3-8-17-13(19)15-16-14(17)21-9-12(18)10-4-6-11(20-2)7-5-10/h4-7H,3,8-9H2,1-2H3,(H,15,19). The Morgan fingerprint density at radius 2 is 2.10 bits per heavy atom. The van der Waals surface area contributed by atoms with E-state index in [0.717, 1.165) is 6.42 Å². The van der Waals surface area contributed by atoms with Crippen LogP contribution in [0.15, 0.2) is 34.2 Å². The van der Waals surface area contributed by atoms with Crippen LogP contribution in [0.1, 0.15) is 23.7 Å². The lowest BCUT2D eigenvalue weighted by Crippen LogP contribution is -2.17. The summed E-state index contributed by atoms with van der Waals surface area (Å²) in [5.74, 6) is 0.935. The van der Waals surface area contributed by atoms with E-state index in [0.29, 0.717) is 23.0 Å². The van der Waals surface area contributed by atoms with Crippen molar-refractivity contribution in [3.8, 4) is 5.75 Å². The molecule has 0 spiro atoms. The van der Waals surface area contributed by atoms with Crippen LogP contribution >= 0.6 is 11.8 Å². The molecule has 0 amide bonds. The van der Waals surface area contributed by atoms with Gasteiger partial charge in [0.05, 0.1) is 12.9 Å². The normalized spacial score (nSPS) is 10.6. The van der Waals surface area contributed by atoms with Crippen molar-refractivity contribution >= 4 is 17.5 Å². The quantitative estimate of drug-likeness (QED) is 0.625. The molecule has 0 aliphatic heterocycles. The van der Waals surface area contributed by atoms with E-state index in [4.69, 9.17) is 4.74 Å². The average molecular weight is 307 g/mol. The number of ketones is 1. The van der Waals surface area contributed by atoms with Crippen LogP contribution in [0, 0.1) is 0 Å². The summed E-state index contributed by atoms with van der Waals surface area (Å²) in [5, 5.41) is 6.90. The topological polar surface area (TPSA) is 77.0 Å². The molecule has 2 aromatic rings. The number of Topliss-reactive ketones (excluding diaryl/α,β-unsaturated/α-hetero) is 1. The van der Waals surface area contributed by atoms with Gasteiger partial charge >= 0.3 is 5.69 Å². The molecule has 0 aliphatic carbocycles. The van der Waals surface area contributed by atoms with E-state index in [1.165, 1.54) is 11.8 Å². The van der Waals surface area contributed by atoms with Gasteiger partial charge in [0.2, 0.25) is 0 Å². The number of H-pyrrole nitrogens is 1. The van der Waals surface area contributed by atoms with Gasteiger partial charge in [-0.2, -0.15) is 0 Å². The van der Waals surface area contributed by atoms with Gasteiger partial charge in [0.25, 0.3) is 0 Å². The summed E-state index contributed by atoms with van der Waals surface area (Å²) in [6.07, 6.45) is 0.833. The highest BCUT2D eigenvalue weighted by molar-refractivity contribution is 7.99. The molecular weight excluding hydrogens is 290 g/mol. The lowest BCUT2D eigenvalue weighted by molar-refractivity contribution is 0.102. The summed E-state index contributed by atoms with van der Waals surface area (Å²) in [7, 11) is 1.58. The summed E-state index contributed by atoms with van der Waals surface area (Å²) in [6.45, 7) is 2.57. The van der Waals surface area contributed by atoms with Gasteiger partial charge in [0.1, 0.15) is 5.75 Å². The fraction of sp³-hybridized carbons (Fsp3) is 0.357. The van der Waals surface area contributed by atoms with Gasteiger partial charge < -0.3 is 4.74 Å². The maximum Gasteiger partial charge on any atom is 0.343 e. The lowest BCUT2D eigenvalue weighted by Gasteiger charge is -2.04. The molecule has 1 heterocycles. The third-order valence-corrected chi connectivity index (χ3v) is 3.89. The number of benzene rings is 1. The number of nitrogens with one attached hydrogen (secondary N) is 1. The minimum absolute atomic E-state index is 0.0128. The number of aromatic nitrogens is 3. The fourth-order valence-electron chi connectivity index (χ4n) is 1.82. The largest absolute Gasteiger partial charge is 0.497 e. The maximum atomic E-state index is 12.1. The fourth-order valence-corrected chi connectivity index (χ4v) is 2.69. The smallest absolute Gasteiger partial charge is 0.343 e. The van der Waals surface area contributed by atoms with E-state index in [-0.39, 0.29) is 17.2 Å². The van der Waals surface area contributed by atoms with Gasteiger partial charge in [0.15, 0.2) is 10.9 Å². The van der Waals surface area contributed by atoms with Crippen molar-refractivity contribution in [2.45, 2.75) is 25.0 Å². The van der Waals surface area contributed by atoms with Crippen molar-refractivity contribution in [1.29, 1.82) is 0 Å². The Kier molecular flexibility index (Phi) is 5.21. The molecular formula is C14H17N3O3S. The van der Waals surface area contributed by atoms with Crippen molar-refractivity contribution in [3.63, 3.8) is 0 Å². The Morgan fingerprint density at radius 1 is 1.38 bits per heavy atom. The second kappa shape index (κ2) is 7.12. The molecule has 1 N–H and O–H groups in total. The first-order chi connectivity index (χ1) is 10.2. The van der Waals surface area contributed by atoms with Crippen LogP contribution in [0.5, 0.6) is 5.75 Å². The summed E-state index contributed by atoms with van der Waals surface area (Å²) in [4.78, 5) is 23.7. The predicted octanol–water partition coefficient (Wildman–Crippen LogP) is 1.96. The monoisotopic (exact) mass is 307 g/mol. The number of ether oxygens (including phenoxy) is 1. The zero-order valence-electron chi connectivity index (χ0n) is 12.0. The molecule has 0 saturated carbocycles. The maximum absolute atomic E-state index is 12.1. The summed E-state index contributed by atoms with van der Waals surface area (Å²) < 4.78 is 6.60. The van der Waals surface area contributed by atoms with E-state index >= 15 is 0 Å². The van der Waals surface area contributed by atoms with Crippen molar-refractivity contribution in [2.24, 2.45) is 0 Å². The Balaban J connectivity index is 2.02. The molecule has 0 unspecified atom stereocenters. The van der Waals surface area contributed by atoms with Crippen LogP contribution in [0.25, 0.3) is 0 Å². The Labute approximate surface area is 126 Å². The Morgan fingerprint density at radius 3 is 2.71 bits per heavy atom. The first-order valence-electron chi connectivity index (χ1n) is 6.61.